The van der Waals surface area contributed by atoms with Crippen molar-refractivity contribution in [2.45, 2.75) is 57.5 Å². The fourth-order valence-corrected chi connectivity index (χ4v) is 4.88. The molecule has 0 bridgehead atoms. The van der Waals surface area contributed by atoms with Gasteiger partial charge in [0.25, 0.3) is 5.91 Å². The Bertz CT molecular complexity index is 968. The molecule has 1 saturated heterocycles. The number of nitrogens with one attached hydrogen (secondary N) is 1. The highest BCUT2D eigenvalue weighted by Gasteiger charge is 2.26. The Morgan fingerprint density at radius 1 is 1.00 bits per heavy atom. The number of aromatic nitrogens is 1. The average Bonchev–Trinajstić information content (AvgIpc) is 3.08. The maximum absolute atomic E-state index is 12.6. The van der Waals surface area contributed by atoms with Crippen LogP contribution in [0, 0.1) is 0 Å². The van der Waals surface area contributed by atoms with Crippen LogP contribution < -0.4 is 10.2 Å². The number of hydrogen-bond donors (Lipinski definition) is 1. The predicted octanol–water partition coefficient (Wildman–Crippen LogP) is 3.09. The lowest BCUT2D eigenvalue weighted by Gasteiger charge is -2.36. The molecule has 0 unspecified atom stereocenters. The van der Waals surface area contributed by atoms with Crippen molar-refractivity contribution in [2.75, 3.05) is 24.5 Å². The molecule has 3 heterocycles. The first-order valence-corrected chi connectivity index (χ1v) is 11.6. The Kier molecular flexibility index (Phi) is 5.72. The van der Waals surface area contributed by atoms with Crippen LogP contribution in [0.15, 0.2) is 36.5 Å². The van der Waals surface area contributed by atoms with Gasteiger partial charge in [0.2, 0.25) is 5.91 Å². The number of benzene rings is 1. The highest BCUT2D eigenvalue weighted by molar-refractivity contribution is 5.96. The van der Waals surface area contributed by atoms with Gasteiger partial charge < -0.3 is 5.32 Å². The Morgan fingerprint density at radius 2 is 1.84 bits per heavy atom. The number of pyridine rings is 1. The first kappa shape index (κ1) is 20.2. The summed E-state index contributed by atoms with van der Waals surface area (Å²) in [4.78, 5) is 33.1. The van der Waals surface area contributed by atoms with Crippen molar-refractivity contribution < 1.29 is 9.59 Å². The standard InChI is InChI=1S/C25H30N4O2/c30-24-5-2-12-29(24)23-9-8-21(17-26-23)25(31)27-16-18-6-7-19-10-13-28(22-3-1-4-22)14-11-20(19)15-18/h6-9,15,17,22H,1-5,10-14,16H2,(H,27,31). The number of carbonyl (C=O) groups is 2. The molecule has 5 rings (SSSR count). The van der Waals surface area contributed by atoms with Crippen LogP contribution in [-0.4, -0.2) is 47.4 Å². The lowest BCUT2D eigenvalue weighted by Crippen LogP contribution is -2.41. The zero-order valence-electron chi connectivity index (χ0n) is 18.0. The molecule has 1 aromatic carbocycles. The summed E-state index contributed by atoms with van der Waals surface area (Å²) in [6.07, 6.45) is 9.31. The van der Waals surface area contributed by atoms with E-state index in [-0.39, 0.29) is 11.8 Å². The molecule has 6 nitrogen and oxygen atoms in total. The highest BCUT2D eigenvalue weighted by atomic mass is 16.2. The lowest BCUT2D eigenvalue weighted by atomic mass is 9.91. The minimum atomic E-state index is -0.141. The first-order valence-electron chi connectivity index (χ1n) is 11.6. The second-order valence-electron chi connectivity index (χ2n) is 8.96. The molecule has 6 heteroatoms. The number of fused-ring (bicyclic) bond motifs is 1. The molecule has 0 radical (unpaired) electrons. The fraction of sp³-hybridized carbons (Fsp3) is 0.480. The zero-order chi connectivity index (χ0) is 21.2. The quantitative estimate of drug-likeness (QED) is 0.810. The number of carbonyl (C=O) groups excluding carboxylic acids is 2. The Hall–Kier alpha value is -2.73. The topological polar surface area (TPSA) is 65.5 Å². The van der Waals surface area contributed by atoms with Gasteiger partial charge in [0.1, 0.15) is 5.82 Å². The Morgan fingerprint density at radius 3 is 2.52 bits per heavy atom. The van der Waals surface area contributed by atoms with Crippen molar-refractivity contribution in [3.05, 3.63) is 58.8 Å². The van der Waals surface area contributed by atoms with Crippen molar-refractivity contribution in [1.29, 1.82) is 0 Å². The summed E-state index contributed by atoms with van der Waals surface area (Å²) in [6, 6.07) is 10.9. The van der Waals surface area contributed by atoms with E-state index in [4.69, 9.17) is 0 Å². The molecule has 1 N–H and O–H groups in total. The molecule has 2 aromatic rings. The van der Waals surface area contributed by atoms with Gasteiger partial charge in [-0.1, -0.05) is 24.6 Å². The van der Waals surface area contributed by atoms with Crippen LogP contribution in [0.3, 0.4) is 0 Å². The van der Waals surface area contributed by atoms with Crippen molar-refractivity contribution in [2.24, 2.45) is 0 Å². The third kappa shape index (κ3) is 4.35. The molecular weight excluding hydrogens is 388 g/mol. The first-order chi connectivity index (χ1) is 15.2. The highest BCUT2D eigenvalue weighted by Crippen LogP contribution is 2.27. The molecule has 162 valence electrons. The molecule has 1 saturated carbocycles. The van der Waals surface area contributed by atoms with Crippen molar-refractivity contribution >= 4 is 17.6 Å². The molecule has 2 aliphatic heterocycles. The second-order valence-corrected chi connectivity index (χ2v) is 8.96. The van der Waals surface area contributed by atoms with Gasteiger partial charge in [-0.05, 0) is 60.9 Å². The van der Waals surface area contributed by atoms with Crippen LogP contribution in [0.4, 0.5) is 5.82 Å². The maximum atomic E-state index is 12.6. The van der Waals surface area contributed by atoms with E-state index >= 15 is 0 Å². The minimum Gasteiger partial charge on any atom is -0.348 e. The van der Waals surface area contributed by atoms with E-state index < -0.39 is 0 Å². The summed E-state index contributed by atoms with van der Waals surface area (Å²) in [5, 5.41) is 3.01. The summed E-state index contributed by atoms with van der Waals surface area (Å²) in [5.41, 5.74) is 4.53. The predicted molar refractivity (Wildman–Crippen MR) is 120 cm³/mol. The average molecular weight is 419 g/mol. The van der Waals surface area contributed by atoms with Gasteiger partial charge in [0.05, 0.1) is 5.56 Å². The van der Waals surface area contributed by atoms with Crippen molar-refractivity contribution in [3.8, 4) is 0 Å². The van der Waals surface area contributed by atoms with Gasteiger partial charge in [-0.25, -0.2) is 4.98 Å². The molecule has 2 fully saturated rings. The molecule has 1 aromatic heterocycles. The van der Waals surface area contributed by atoms with E-state index in [2.05, 4.69) is 33.4 Å². The second kappa shape index (κ2) is 8.79. The van der Waals surface area contributed by atoms with Crippen LogP contribution in [0.5, 0.6) is 0 Å². The van der Waals surface area contributed by atoms with Crippen molar-refractivity contribution in [3.63, 3.8) is 0 Å². The van der Waals surface area contributed by atoms with Gasteiger partial charge in [-0.2, -0.15) is 0 Å². The third-order valence-electron chi connectivity index (χ3n) is 7.01. The Balaban J connectivity index is 1.18. The summed E-state index contributed by atoms with van der Waals surface area (Å²) in [5.74, 6) is 0.586. The Labute approximate surface area is 183 Å². The molecule has 31 heavy (non-hydrogen) atoms. The minimum absolute atomic E-state index is 0.101. The van der Waals surface area contributed by atoms with Crippen LogP contribution in [0.1, 0.15) is 59.2 Å². The van der Waals surface area contributed by atoms with Crippen LogP contribution >= 0.6 is 0 Å². The SMILES string of the molecule is O=C(NCc1ccc2c(c1)CCN(C1CCC1)CC2)c1ccc(N2CCCC2=O)nc1. The van der Waals surface area contributed by atoms with E-state index in [1.165, 1.54) is 36.9 Å². The smallest absolute Gasteiger partial charge is 0.253 e. The summed E-state index contributed by atoms with van der Waals surface area (Å²) >= 11 is 0. The van der Waals surface area contributed by atoms with Gasteiger partial charge in [0.15, 0.2) is 0 Å². The van der Waals surface area contributed by atoms with E-state index in [1.54, 1.807) is 23.2 Å². The van der Waals surface area contributed by atoms with E-state index in [0.717, 1.165) is 37.4 Å². The van der Waals surface area contributed by atoms with Gasteiger partial charge in [-0.15, -0.1) is 0 Å². The fourth-order valence-electron chi connectivity index (χ4n) is 4.88. The summed E-state index contributed by atoms with van der Waals surface area (Å²) < 4.78 is 0. The van der Waals surface area contributed by atoms with E-state index in [1.807, 2.05) is 0 Å². The largest absolute Gasteiger partial charge is 0.348 e. The zero-order valence-corrected chi connectivity index (χ0v) is 18.0. The summed E-state index contributed by atoms with van der Waals surface area (Å²) in [6.45, 7) is 3.52. The number of anilines is 1. The number of hydrogen-bond acceptors (Lipinski definition) is 4. The number of amides is 2. The van der Waals surface area contributed by atoms with Crippen LogP contribution in [0.2, 0.25) is 0 Å². The van der Waals surface area contributed by atoms with Crippen LogP contribution in [0.25, 0.3) is 0 Å². The third-order valence-corrected chi connectivity index (χ3v) is 7.01. The van der Waals surface area contributed by atoms with Crippen molar-refractivity contribution in [1.82, 2.24) is 15.2 Å². The monoisotopic (exact) mass is 418 g/mol. The van der Waals surface area contributed by atoms with E-state index in [9.17, 15) is 9.59 Å². The number of nitrogens with zero attached hydrogens (tertiary/aromatic N) is 3. The van der Waals surface area contributed by atoms with Gasteiger partial charge in [0, 0.05) is 44.8 Å². The molecule has 2 amide bonds. The maximum Gasteiger partial charge on any atom is 0.253 e. The van der Waals surface area contributed by atoms with E-state index in [0.29, 0.717) is 30.9 Å². The van der Waals surface area contributed by atoms with Gasteiger partial charge >= 0.3 is 0 Å². The molecule has 0 spiro atoms. The normalized spacial score (nSPS) is 19.6. The molecular formula is C25H30N4O2. The van der Waals surface area contributed by atoms with Crippen LogP contribution in [-0.2, 0) is 24.2 Å². The summed E-state index contributed by atoms with van der Waals surface area (Å²) in [7, 11) is 0. The lowest BCUT2D eigenvalue weighted by molar-refractivity contribution is -0.117. The molecule has 1 aliphatic carbocycles. The molecule has 3 aliphatic rings. The van der Waals surface area contributed by atoms with Gasteiger partial charge in [-0.3, -0.25) is 19.4 Å². The molecule has 0 atom stereocenters. The number of rotatable bonds is 5.